The van der Waals surface area contributed by atoms with E-state index in [0.29, 0.717) is 5.56 Å². The second kappa shape index (κ2) is 11.8. The Balaban J connectivity index is 1.74. The number of aryl methyl sites for hydroxylation is 1. The van der Waals surface area contributed by atoms with E-state index in [1.54, 1.807) is 19.1 Å². The number of hydrogen-bond acceptors (Lipinski definition) is 3. The van der Waals surface area contributed by atoms with Gasteiger partial charge in [0.1, 0.15) is 5.82 Å². The molecule has 1 aliphatic heterocycles. The number of primary amides is 1. The normalized spacial score (nSPS) is 17.2. The lowest BCUT2D eigenvalue weighted by Crippen LogP contribution is -2.39. The first-order valence-corrected chi connectivity index (χ1v) is 10.7. The smallest absolute Gasteiger partial charge is 0.220 e. The van der Waals surface area contributed by atoms with Crippen molar-refractivity contribution in [1.82, 2.24) is 15.5 Å². The van der Waals surface area contributed by atoms with Gasteiger partial charge in [-0.1, -0.05) is 12.1 Å². The summed E-state index contributed by atoms with van der Waals surface area (Å²) in [4.78, 5) is 18.3. The third-order valence-electron chi connectivity index (χ3n) is 5.54. The van der Waals surface area contributed by atoms with Crippen LogP contribution in [0.15, 0.2) is 23.2 Å². The molecule has 1 atom stereocenters. The highest BCUT2D eigenvalue weighted by Crippen LogP contribution is 2.17. The predicted octanol–water partition coefficient (Wildman–Crippen LogP) is 2.73. The number of nitrogens with one attached hydrogen (secondary N) is 2. The van der Waals surface area contributed by atoms with Gasteiger partial charge in [-0.2, -0.15) is 0 Å². The number of rotatable bonds is 9. The van der Waals surface area contributed by atoms with E-state index in [4.69, 9.17) is 5.73 Å². The first-order chi connectivity index (χ1) is 13.9. The van der Waals surface area contributed by atoms with Crippen LogP contribution in [0.4, 0.5) is 4.39 Å². The fraction of sp³-hybridized carbons (Fsp3) is 0.636. The fourth-order valence-corrected chi connectivity index (χ4v) is 3.57. The average Bonchev–Trinajstić information content (AvgIpc) is 2.70. The molecule has 4 N–H and O–H groups in total. The minimum atomic E-state index is -0.182. The topological polar surface area (TPSA) is 82.8 Å². The summed E-state index contributed by atoms with van der Waals surface area (Å²) in [5, 5.41) is 6.61. The summed E-state index contributed by atoms with van der Waals surface area (Å²) < 4.78 is 13.8. The van der Waals surface area contributed by atoms with Crippen molar-refractivity contribution in [2.24, 2.45) is 16.6 Å². The van der Waals surface area contributed by atoms with Crippen LogP contribution in [0.1, 0.15) is 56.7 Å². The summed E-state index contributed by atoms with van der Waals surface area (Å²) in [5.41, 5.74) is 6.94. The van der Waals surface area contributed by atoms with Gasteiger partial charge in [0, 0.05) is 19.0 Å². The highest BCUT2D eigenvalue weighted by molar-refractivity contribution is 5.80. The van der Waals surface area contributed by atoms with E-state index in [2.05, 4.69) is 20.5 Å². The van der Waals surface area contributed by atoms with Crippen molar-refractivity contribution >= 4 is 11.9 Å². The van der Waals surface area contributed by atoms with Gasteiger partial charge < -0.3 is 21.3 Å². The summed E-state index contributed by atoms with van der Waals surface area (Å²) >= 11 is 0. The SMILES string of the molecule is CCNC(=NCCCCN1CCC(C(N)=O)CC1)NC(C)c1ccc(C)c(F)c1. The minimum Gasteiger partial charge on any atom is -0.369 e. The Morgan fingerprint density at radius 3 is 2.69 bits per heavy atom. The van der Waals surface area contributed by atoms with E-state index >= 15 is 0 Å². The maximum Gasteiger partial charge on any atom is 0.220 e. The van der Waals surface area contributed by atoms with Crippen LogP contribution >= 0.6 is 0 Å². The molecule has 0 spiro atoms. The number of nitrogens with zero attached hydrogens (tertiary/aromatic N) is 2. The van der Waals surface area contributed by atoms with Gasteiger partial charge in [-0.3, -0.25) is 9.79 Å². The number of benzene rings is 1. The van der Waals surface area contributed by atoms with Crippen LogP contribution in [-0.2, 0) is 4.79 Å². The molecule has 1 aromatic carbocycles. The molecular formula is C22H36FN5O. The van der Waals surface area contributed by atoms with Gasteiger partial charge in [-0.15, -0.1) is 0 Å². The first kappa shape index (κ1) is 23.1. The van der Waals surface area contributed by atoms with Gasteiger partial charge in [0.15, 0.2) is 5.96 Å². The van der Waals surface area contributed by atoms with Gasteiger partial charge in [-0.05, 0) is 83.3 Å². The first-order valence-electron chi connectivity index (χ1n) is 10.7. The molecule has 29 heavy (non-hydrogen) atoms. The van der Waals surface area contributed by atoms with Crippen LogP contribution in [0.5, 0.6) is 0 Å². The van der Waals surface area contributed by atoms with Crippen LogP contribution in [0.2, 0.25) is 0 Å². The van der Waals surface area contributed by atoms with Gasteiger partial charge in [0.25, 0.3) is 0 Å². The number of likely N-dealkylation sites (tertiary alicyclic amines) is 1. The summed E-state index contributed by atoms with van der Waals surface area (Å²) in [5.74, 6) is 0.458. The van der Waals surface area contributed by atoms with Crippen molar-refractivity contribution in [3.8, 4) is 0 Å². The summed E-state index contributed by atoms with van der Waals surface area (Å²) in [6.07, 6.45) is 3.82. The molecule has 0 aromatic heterocycles. The van der Waals surface area contributed by atoms with Crippen LogP contribution in [0, 0.1) is 18.7 Å². The Labute approximate surface area is 174 Å². The van der Waals surface area contributed by atoms with Gasteiger partial charge in [0.2, 0.25) is 5.91 Å². The van der Waals surface area contributed by atoms with Crippen molar-refractivity contribution in [2.75, 3.05) is 32.7 Å². The van der Waals surface area contributed by atoms with Crippen LogP contribution in [0.25, 0.3) is 0 Å². The van der Waals surface area contributed by atoms with Crippen molar-refractivity contribution in [3.63, 3.8) is 0 Å². The Bertz CT molecular complexity index is 686. The molecule has 1 saturated heterocycles. The van der Waals surface area contributed by atoms with Crippen molar-refractivity contribution < 1.29 is 9.18 Å². The highest BCUT2D eigenvalue weighted by atomic mass is 19.1. The van der Waals surface area contributed by atoms with Crippen molar-refractivity contribution in [1.29, 1.82) is 0 Å². The zero-order valence-electron chi connectivity index (χ0n) is 18.0. The number of carbonyl (C=O) groups is 1. The lowest BCUT2D eigenvalue weighted by Gasteiger charge is -2.30. The van der Waals surface area contributed by atoms with E-state index in [9.17, 15) is 9.18 Å². The van der Waals surface area contributed by atoms with Crippen LogP contribution in [0.3, 0.4) is 0 Å². The molecule has 1 heterocycles. The van der Waals surface area contributed by atoms with E-state index in [0.717, 1.165) is 69.9 Å². The average molecular weight is 406 g/mol. The summed E-state index contributed by atoms with van der Waals surface area (Å²) in [6.45, 7) is 10.2. The molecular weight excluding hydrogens is 369 g/mol. The zero-order chi connectivity index (χ0) is 21.2. The van der Waals surface area contributed by atoms with Crippen LogP contribution < -0.4 is 16.4 Å². The van der Waals surface area contributed by atoms with Gasteiger partial charge >= 0.3 is 0 Å². The molecule has 1 aromatic rings. The number of piperidine rings is 1. The number of guanidine groups is 1. The monoisotopic (exact) mass is 405 g/mol. The quantitative estimate of drug-likeness (QED) is 0.335. The fourth-order valence-electron chi connectivity index (χ4n) is 3.57. The van der Waals surface area contributed by atoms with E-state index < -0.39 is 0 Å². The second-order valence-corrected chi connectivity index (χ2v) is 7.86. The molecule has 1 fully saturated rings. The Morgan fingerprint density at radius 2 is 2.07 bits per heavy atom. The molecule has 1 unspecified atom stereocenters. The number of carbonyl (C=O) groups excluding carboxylic acids is 1. The third kappa shape index (κ3) is 7.65. The van der Waals surface area contributed by atoms with E-state index in [1.807, 2.05) is 19.9 Å². The molecule has 162 valence electrons. The number of unbranched alkanes of at least 4 members (excludes halogenated alkanes) is 1. The minimum absolute atomic E-state index is 0.0329. The van der Waals surface area contributed by atoms with Crippen molar-refractivity contribution in [3.05, 3.63) is 35.1 Å². The van der Waals surface area contributed by atoms with E-state index in [1.165, 1.54) is 0 Å². The maximum absolute atomic E-state index is 13.8. The molecule has 7 heteroatoms. The number of amides is 1. The molecule has 1 amide bonds. The lowest BCUT2D eigenvalue weighted by molar-refractivity contribution is -0.123. The molecule has 6 nitrogen and oxygen atoms in total. The predicted molar refractivity (Wildman–Crippen MR) is 116 cm³/mol. The van der Waals surface area contributed by atoms with E-state index in [-0.39, 0.29) is 23.7 Å². The summed E-state index contributed by atoms with van der Waals surface area (Å²) in [7, 11) is 0. The van der Waals surface area contributed by atoms with Crippen LogP contribution in [-0.4, -0.2) is 49.5 Å². The zero-order valence-corrected chi connectivity index (χ0v) is 18.0. The lowest BCUT2D eigenvalue weighted by atomic mass is 9.96. The molecule has 2 rings (SSSR count). The Hall–Kier alpha value is -2.15. The largest absolute Gasteiger partial charge is 0.369 e. The molecule has 1 aliphatic rings. The number of aliphatic imine (C=N–C) groups is 1. The Kier molecular flexibility index (Phi) is 9.38. The summed E-state index contributed by atoms with van der Waals surface area (Å²) in [6, 6.07) is 5.30. The Morgan fingerprint density at radius 1 is 1.34 bits per heavy atom. The number of nitrogens with two attached hydrogens (primary N) is 1. The number of halogens is 1. The van der Waals surface area contributed by atoms with Crippen molar-refractivity contribution in [2.45, 2.75) is 52.5 Å². The maximum atomic E-state index is 13.8. The molecule has 0 saturated carbocycles. The highest BCUT2D eigenvalue weighted by Gasteiger charge is 2.22. The third-order valence-corrected chi connectivity index (χ3v) is 5.54. The molecule has 0 bridgehead atoms. The van der Waals surface area contributed by atoms with Gasteiger partial charge in [0.05, 0.1) is 6.04 Å². The second-order valence-electron chi connectivity index (χ2n) is 7.86. The molecule has 0 radical (unpaired) electrons. The standard InChI is InChI=1S/C22H36FN5O/c1-4-25-22(27-17(3)19-8-7-16(2)20(23)15-19)26-11-5-6-12-28-13-9-18(10-14-28)21(24)29/h7-8,15,17-18H,4-6,9-14H2,1-3H3,(H2,24,29)(H2,25,26,27). The number of hydrogen-bond donors (Lipinski definition) is 3. The van der Waals surface area contributed by atoms with Gasteiger partial charge in [-0.25, -0.2) is 4.39 Å². The molecule has 0 aliphatic carbocycles.